The van der Waals surface area contributed by atoms with Gasteiger partial charge in [0.1, 0.15) is 5.67 Å². The molecule has 0 spiro atoms. The monoisotopic (exact) mass is 354 g/mol. The van der Waals surface area contributed by atoms with E-state index in [9.17, 15) is 4.79 Å². The summed E-state index contributed by atoms with van der Waals surface area (Å²) in [6.45, 7) is 5.34. The summed E-state index contributed by atoms with van der Waals surface area (Å²) in [4.78, 5) is 12.0. The van der Waals surface area contributed by atoms with Crippen LogP contribution in [0.2, 0.25) is 0 Å². The number of benzene rings is 1. The van der Waals surface area contributed by atoms with Crippen molar-refractivity contribution in [3.8, 4) is 0 Å². The Hall–Kier alpha value is -1.90. The van der Waals surface area contributed by atoms with Crippen molar-refractivity contribution in [2.45, 2.75) is 56.7 Å². The lowest BCUT2D eigenvalue weighted by Gasteiger charge is -2.55. The van der Waals surface area contributed by atoms with Crippen molar-refractivity contribution >= 4 is 5.97 Å². The summed E-state index contributed by atoms with van der Waals surface area (Å²) in [6, 6.07) is 9.87. The number of halogens is 1. The van der Waals surface area contributed by atoms with Crippen molar-refractivity contribution in [1.82, 2.24) is 0 Å². The van der Waals surface area contributed by atoms with Crippen LogP contribution in [0, 0.1) is 17.8 Å². The van der Waals surface area contributed by atoms with Gasteiger partial charge in [-0.1, -0.05) is 42.0 Å². The van der Waals surface area contributed by atoms with Crippen molar-refractivity contribution < 1.29 is 13.9 Å². The van der Waals surface area contributed by atoms with Crippen LogP contribution in [0.4, 0.5) is 4.39 Å². The molecule has 5 rings (SSSR count). The van der Waals surface area contributed by atoms with E-state index in [0.717, 1.165) is 24.8 Å². The molecule has 5 atom stereocenters. The van der Waals surface area contributed by atoms with Gasteiger partial charge in [0.15, 0.2) is 5.60 Å². The molecule has 0 heterocycles. The highest BCUT2D eigenvalue weighted by molar-refractivity contribution is 5.67. The van der Waals surface area contributed by atoms with Gasteiger partial charge in [0.05, 0.1) is 0 Å². The smallest absolute Gasteiger partial charge is 0.303 e. The molecule has 4 saturated carbocycles. The molecule has 0 N–H and O–H groups in total. The van der Waals surface area contributed by atoms with Crippen LogP contribution >= 0.6 is 0 Å². The van der Waals surface area contributed by atoms with Gasteiger partial charge in [0.2, 0.25) is 0 Å². The van der Waals surface area contributed by atoms with Crippen LogP contribution in [0.25, 0.3) is 0 Å². The second kappa shape index (κ2) is 6.37. The lowest BCUT2D eigenvalue weighted by molar-refractivity contribution is -0.153. The fourth-order valence-corrected chi connectivity index (χ4v) is 5.81. The van der Waals surface area contributed by atoms with E-state index in [-0.39, 0.29) is 17.8 Å². The maximum Gasteiger partial charge on any atom is 0.303 e. The first-order valence-electron chi connectivity index (χ1n) is 9.71. The van der Waals surface area contributed by atoms with Crippen molar-refractivity contribution in [3.05, 3.63) is 60.2 Å². The van der Waals surface area contributed by atoms with Gasteiger partial charge in [0.25, 0.3) is 0 Å². The van der Waals surface area contributed by atoms with Crippen LogP contribution in [0.1, 0.15) is 51.0 Å². The molecule has 0 aliphatic heterocycles. The predicted octanol–water partition coefficient (Wildman–Crippen LogP) is 5.50. The fraction of sp³-hybridized carbons (Fsp3) is 0.522. The van der Waals surface area contributed by atoms with Gasteiger partial charge in [-0.2, -0.15) is 0 Å². The number of carbonyl (C=O) groups excluding carboxylic acids is 1. The van der Waals surface area contributed by atoms with Gasteiger partial charge in [0, 0.05) is 13.3 Å². The summed E-state index contributed by atoms with van der Waals surface area (Å²) >= 11 is 0. The summed E-state index contributed by atoms with van der Waals surface area (Å²) < 4.78 is 21.0. The largest absolute Gasteiger partial charge is 0.450 e. The summed E-state index contributed by atoms with van der Waals surface area (Å²) in [5.74, 6) is 0.789. The van der Waals surface area contributed by atoms with E-state index in [0.29, 0.717) is 25.2 Å². The molecule has 3 heteroatoms. The number of hydrogen-bond acceptors (Lipinski definition) is 2. The average molecular weight is 354 g/mol. The summed E-state index contributed by atoms with van der Waals surface area (Å²) in [6.07, 6.45) is 8.63. The highest BCUT2D eigenvalue weighted by Crippen LogP contribution is 2.60. The number of alkyl halides is 1. The molecular formula is C23H27FO2. The molecule has 0 radical (unpaired) electrons. The van der Waals surface area contributed by atoms with Crippen LogP contribution in [0.15, 0.2) is 54.6 Å². The highest BCUT2D eigenvalue weighted by atomic mass is 19.1. The zero-order valence-electron chi connectivity index (χ0n) is 15.4. The molecule has 1 aromatic carbocycles. The average Bonchev–Trinajstić information content (AvgIpc) is 2.57. The third kappa shape index (κ3) is 3.02. The Morgan fingerprint density at radius 3 is 2.46 bits per heavy atom. The second-order valence-corrected chi connectivity index (χ2v) is 8.48. The van der Waals surface area contributed by atoms with Gasteiger partial charge >= 0.3 is 5.97 Å². The second-order valence-electron chi connectivity index (χ2n) is 8.48. The van der Waals surface area contributed by atoms with Gasteiger partial charge < -0.3 is 4.74 Å². The molecule has 0 aromatic heterocycles. The summed E-state index contributed by atoms with van der Waals surface area (Å²) in [7, 11) is 0. The lowest BCUT2D eigenvalue weighted by atomic mass is 9.52. The molecule has 2 unspecified atom stereocenters. The molecule has 4 aliphatic rings. The van der Waals surface area contributed by atoms with E-state index in [2.05, 4.69) is 12.7 Å². The molecule has 2 nitrogen and oxygen atoms in total. The van der Waals surface area contributed by atoms with Crippen LogP contribution in [0.5, 0.6) is 0 Å². The van der Waals surface area contributed by atoms with Crippen LogP contribution in [-0.2, 0) is 15.1 Å². The normalized spacial score (nSPS) is 35.9. The molecule has 0 amide bonds. The Labute approximate surface area is 155 Å². The van der Waals surface area contributed by atoms with E-state index < -0.39 is 11.3 Å². The lowest BCUT2D eigenvalue weighted by Crippen LogP contribution is -2.49. The van der Waals surface area contributed by atoms with Crippen molar-refractivity contribution in [3.63, 3.8) is 0 Å². The Morgan fingerprint density at radius 1 is 1.27 bits per heavy atom. The minimum atomic E-state index is -0.969. The number of ether oxygens (including phenoxy) is 1. The van der Waals surface area contributed by atoms with Gasteiger partial charge in [-0.25, -0.2) is 4.39 Å². The first-order valence-corrected chi connectivity index (χ1v) is 9.71. The SMILES string of the molecule is C=CC[C@@](C=C1[C@@H]2CC3C[C@H]1CC(F)(C3)C2)(OC(C)=O)c1ccccc1. The van der Waals surface area contributed by atoms with E-state index in [1.165, 1.54) is 12.5 Å². The van der Waals surface area contributed by atoms with Crippen LogP contribution < -0.4 is 0 Å². The number of hydrogen-bond donors (Lipinski definition) is 0. The molecule has 26 heavy (non-hydrogen) atoms. The van der Waals surface area contributed by atoms with E-state index >= 15 is 4.39 Å². The standard InChI is InChI=1S/C23H27FO2/c1-3-9-23(26-16(2)25,20-7-5-4-6-8-20)15-21-18-10-17-11-19(21)14-22(24,12-17)13-18/h3-8,15,17-19H,1,9-14H2,2H3/t17?,18-,19+,22?,23-/m0/s1. The van der Waals surface area contributed by atoms with Crippen LogP contribution in [0.3, 0.4) is 0 Å². The molecule has 4 fully saturated rings. The maximum absolute atomic E-state index is 15.0. The third-order valence-electron chi connectivity index (χ3n) is 6.49. The van der Waals surface area contributed by atoms with Gasteiger partial charge in [-0.3, -0.25) is 4.79 Å². The molecule has 4 bridgehead atoms. The number of rotatable bonds is 5. The fourth-order valence-electron chi connectivity index (χ4n) is 5.81. The number of carbonyl (C=O) groups is 1. The van der Waals surface area contributed by atoms with E-state index in [1.807, 2.05) is 30.3 Å². The zero-order chi connectivity index (χ0) is 18.4. The number of esters is 1. The summed E-state index contributed by atoms with van der Waals surface area (Å²) in [5, 5.41) is 0. The molecule has 1 aromatic rings. The first-order chi connectivity index (χ1) is 12.4. The van der Waals surface area contributed by atoms with Crippen LogP contribution in [-0.4, -0.2) is 11.6 Å². The zero-order valence-corrected chi connectivity index (χ0v) is 15.4. The highest BCUT2D eigenvalue weighted by Gasteiger charge is 2.54. The van der Waals surface area contributed by atoms with Crippen molar-refractivity contribution in [1.29, 1.82) is 0 Å². The molecule has 4 aliphatic carbocycles. The van der Waals surface area contributed by atoms with E-state index in [1.54, 1.807) is 6.08 Å². The minimum Gasteiger partial charge on any atom is -0.450 e. The Kier molecular flexibility index (Phi) is 4.29. The number of allylic oxidation sites excluding steroid dienone is 1. The Bertz CT molecular complexity index is 720. The Morgan fingerprint density at radius 2 is 1.92 bits per heavy atom. The molecule has 138 valence electrons. The first kappa shape index (κ1) is 17.5. The van der Waals surface area contributed by atoms with Gasteiger partial charge in [-0.05, 0) is 61.5 Å². The molecule has 0 saturated heterocycles. The van der Waals surface area contributed by atoms with Gasteiger partial charge in [-0.15, -0.1) is 6.58 Å². The summed E-state index contributed by atoms with van der Waals surface area (Å²) in [5.41, 5.74) is 0.444. The quantitative estimate of drug-likeness (QED) is 0.516. The molecular weight excluding hydrogens is 327 g/mol. The topological polar surface area (TPSA) is 26.3 Å². The maximum atomic E-state index is 15.0. The predicted molar refractivity (Wildman–Crippen MR) is 100 cm³/mol. The Balaban J connectivity index is 1.78. The third-order valence-corrected chi connectivity index (χ3v) is 6.49. The van der Waals surface area contributed by atoms with Crippen molar-refractivity contribution in [2.24, 2.45) is 17.8 Å². The van der Waals surface area contributed by atoms with E-state index in [4.69, 9.17) is 4.74 Å². The minimum absolute atomic E-state index is 0.287. The van der Waals surface area contributed by atoms with Crippen molar-refractivity contribution in [2.75, 3.05) is 0 Å².